The van der Waals surface area contributed by atoms with E-state index in [4.69, 9.17) is 4.74 Å². The highest BCUT2D eigenvalue weighted by Gasteiger charge is 2.36. The largest absolute Gasteiger partial charge is 0.484 e. The molecule has 0 unspecified atom stereocenters. The Balaban J connectivity index is 1.37. The number of aromatic nitrogens is 3. The lowest BCUT2D eigenvalue weighted by Crippen LogP contribution is -2.48. The molecule has 1 aromatic heterocycles. The molecule has 1 aromatic carbocycles. The Hall–Kier alpha value is -2.90. The third kappa shape index (κ3) is 4.47. The average molecular weight is 412 g/mol. The fourth-order valence-corrected chi connectivity index (χ4v) is 4.31. The summed E-state index contributed by atoms with van der Waals surface area (Å²) in [5.41, 5.74) is 0. The summed E-state index contributed by atoms with van der Waals surface area (Å²) in [7, 11) is 0. The number of likely N-dealkylation sites (tertiary alicyclic amines) is 1. The molecule has 160 valence electrons. The molecule has 0 spiro atoms. The van der Waals surface area contributed by atoms with E-state index in [0.29, 0.717) is 12.3 Å². The van der Waals surface area contributed by atoms with Gasteiger partial charge in [-0.2, -0.15) is 0 Å². The quantitative estimate of drug-likeness (QED) is 0.788. The molecule has 1 saturated heterocycles. The van der Waals surface area contributed by atoms with Gasteiger partial charge >= 0.3 is 0 Å². The van der Waals surface area contributed by atoms with Crippen molar-refractivity contribution in [1.82, 2.24) is 25.0 Å². The predicted molar refractivity (Wildman–Crippen MR) is 111 cm³/mol. The average Bonchev–Trinajstić information content (AvgIpc) is 3.33. The van der Waals surface area contributed by atoms with Crippen molar-refractivity contribution >= 4 is 11.8 Å². The van der Waals surface area contributed by atoms with E-state index in [1.807, 2.05) is 23.1 Å². The number of fused-ring (bicyclic) bond motifs is 1. The van der Waals surface area contributed by atoms with Gasteiger partial charge in [0.25, 0.3) is 5.91 Å². The van der Waals surface area contributed by atoms with Gasteiger partial charge < -0.3 is 19.5 Å². The van der Waals surface area contributed by atoms with Gasteiger partial charge in [-0.25, -0.2) is 0 Å². The molecule has 2 atom stereocenters. The van der Waals surface area contributed by atoms with Crippen LogP contribution in [0.1, 0.15) is 56.7 Å². The number of nitrogens with one attached hydrogen (secondary N) is 1. The van der Waals surface area contributed by atoms with Crippen LogP contribution in [0, 0.1) is 0 Å². The van der Waals surface area contributed by atoms with Crippen molar-refractivity contribution in [3.63, 3.8) is 0 Å². The van der Waals surface area contributed by atoms with E-state index < -0.39 is 6.04 Å². The highest BCUT2D eigenvalue weighted by atomic mass is 16.5. The van der Waals surface area contributed by atoms with Crippen molar-refractivity contribution in [2.45, 2.75) is 64.1 Å². The van der Waals surface area contributed by atoms with Crippen molar-refractivity contribution in [3.8, 4) is 5.75 Å². The monoisotopic (exact) mass is 411 g/mol. The molecular formula is C22H29N5O3. The second-order valence-corrected chi connectivity index (χ2v) is 8.02. The van der Waals surface area contributed by atoms with E-state index in [1.54, 1.807) is 19.1 Å². The number of ether oxygens (including phenoxy) is 1. The van der Waals surface area contributed by atoms with Crippen LogP contribution in [-0.4, -0.2) is 50.7 Å². The van der Waals surface area contributed by atoms with Crippen molar-refractivity contribution in [1.29, 1.82) is 0 Å². The van der Waals surface area contributed by atoms with Crippen LogP contribution >= 0.6 is 0 Å². The first kappa shape index (κ1) is 20.4. The second-order valence-electron chi connectivity index (χ2n) is 8.02. The number of carbonyl (C=O) groups excluding carboxylic acids is 2. The summed E-state index contributed by atoms with van der Waals surface area (Å²) in [5, 5.41) is 11.6. The summed E-state index contributed by atoms with van der Waals surface area (Å²) in [6.07, 6.45) is 6.20. The number of para-hydroxylation sites is 1. The molecule has 3 heterocycles. The normalized spacial score (nSPS) is 19.6. The van der Waals surface area contributed by atoms with Gasteiger partial charge in [0.1, 0.15) is 17.6 Å². The third-order valence-corrected chi connectivity index (χ3v) is 5.83. The molecule has 2 aromatic rings. The number of carbonyl (C=O) groups is 2. The van der Waals surface area contributed by atoms with E-state index >= 15 is 0 Å². The summed E-state index contributed by atoms with van der Waals surface area (Å²) in [6.45, 7) is 3.19. The number of rotatable bonds is 6. The molecule has 0 bridgehead atoms. The van der Waals surface area contributed by atoms with Crippen LogP contribution in [0.2, 0.25) is 0 Å². The molecular weight excluding hydrogens is 382 g/mol. The van der Waals surface area contributed by atoms with Crippen molar-refractivity contribution < 1.29 is 14.3 Å². The summed E-state index contributed by atoms with van der Waals surface area (Å²) >= 11 is 0. The molecule has 8 heteroatoms. The summed E-state index contributed by atoms with van der Waals surface area (Å²) in [4.78, 5) is 27.2. The minimum Gasteiger partial charge on any atom is -0.484 e. The number of nitrogens with zero attached hydrogens (tertiary/aromatic N) is 4. The minimum atomic E-state index is -0.621. The van der Waals surface area contributed by atoms with Crippen LogP contribution in [0.15, 0.2) is 30.3 Å². The highest BCUT2D eigenvalue weighted by Crippen LogP contribution is 2.32. The molecule has 0 saturated carbocycles. The van der Waals surface area contributed by atoms with E-state index in [0.717, 1.165) is 50.3 Å². The van der Waals surface area contributed by atoms with Gasteiger partial charge in [0.2, 0.25) is 5.91 Å². The molecule has 4 rings (SSSR count). The molecule has 2 aliphatic rings. The molecule has 2 aliphatic heterocycles. The van der Waals surface area contributed by atoms with Crippen LogP contribution in [0.4, 0.5) is 0 Å². The minimum absolute atomic E-state index is 0.0724. The van der Waals surface area contributed by atoms with Crippen LogP contribution in [0.5, 0.6) is 5.75 Å². The van der Waals surface area contributed by atoms with Gasteiger partial charge in [-0.1, -0.05) is 24.6 Å². The van der Waals surface area contributed by atoms with Gasteiger partial charge in [-0.05, 0) is 44.7 Å². The zero-order valence-electron chi connectivity index (χ0n) is 17.4. The summed E-state index contributed by atoms with van der Waals surface area (Å²) in [5.74, 6) is 2.15. The van der Waals surface area contributed by atoms with Gasteiger partial charge in [-0.3, -0.25) is 9.59 Å². The maximum absolute atomic E-state index is 13.1. The molecule has 0 radical (unpaired) electrons. The Bertz CT molecular complexity index is 882. The summed E-state index contributed by atoms with van der Waals surface area (Å²) < 4.78 is 7.68. The smallest absolute Gasteiger partial charge is 0.258 e. The second kappa shape index (κ2) is 9.28. The van der Waals surface area contributed by atoms with E-state index in [1.165, 1.54) is 6.42 Å². The highest BCUT2D eigenvalue weighted by molar-refractivity contribution is 5.88. The topological polar surface area (TPSA) is 89.3 Å². The van der Waals surface area contributed by atoms with Crippen LogP contribution in [0.25, 0.3) is 0 Å². The molecule has 0 aliphatic carbocycles. The number of amides is 2. The fraction of sp³-hybridized carbons (Fsp3) is 0.545. The predicted octanol–water partition coefficient (Wildman–Crippen LogP) is 2.25. The van der Waals surface area contributed by atoms with Crippen molar-refractivity contribution in [3.05, 3.63) is 42.0 Å². The number of hydrogen-bond acceptors (Lipinski definition) is 5. The number of hydrogen-bond donors (Lipinski definition) is 1. The zero-order chi connectivity index (χ0) is 20.9. The van der Waals surface area contributed by atoms with E-state index in [9.17, 15) is 9.59 Å². The first-order chi connectivity index (χ1) is 14.6. The molecule has 8 nitrogen and oxygen atoms in total. The molecule has 1 fully saturated rings. The van der Waals surface area contributed by atoms with Crippen molar-refractivity contribution in [2.75, 3.05) is 13.2 Å². The van der Waals surface area contributed by atoms with Gasteiger partial charge in [0.15, 0.2) is 12.4 Å². The van der Waals surface area contributed by atoms with Gasteiger partial charge in [0, 0.05) is 19.5 Å². The van der Waals surface area contributed by atoms with Gasteiger partial charge in [-0.15, -0.1) is 10.2 Å². The van der Waals surface area contributed by atoms with Crippen LogP contribution < -0.4 is 10.1 Å². The Labute approximate surface area is 176 Å². The standard InChI is InChI=1S/C22H29N5O3/c1-16(23-20(28)15-30-17-9-4-2-5-10-17)22(29)26-14-8-11-18(26)21-25-24-19-12-6-3-7-13-27(19)21/h2,4-5,9-10,16,18H,3,6-8,11-15H2,1H3,(H,23,28)/t16-,18+/m1/s1. The SMILES string of the molecule is C[C@@H](NC(=O)COc1ccccc1)C(=O)N1CCC[C@H]1c1nnc2n1CCCCC2. The van der Waals surface area contributed by atoms with Crippen LogP contribution in [-0.2, 0) is 22.6 Å². The van der Waals surface area contributed by atoms with Crippen LogP contribution in [0.3, 0.4) is 0 Å². The van der Waals surface area contributed by atoms with Gasteiger partial charge in [0.05, 0.1) is 6.04 Å². The lowest BCUT2D eigenvalue weighted by molar-refractivity contribution is -0.137. The van der Waals surface area contributed by atoms with Crippen molar-refractivity contribution in [2.24, 2.45) is 0 Å². The first-order valence-corrected chi connectivity index (χ1v) is 10.8. The van der Waals surface area contributed by atoms with E-state index in [-0.39, 0.29) is 24.5 Å². The first-order valence-electron chi connectivity index (χ1n) is 10.8. The molecule has 1 N–H and O–H groups in total. The maximum atomic E-state index is 13.1. The Kier molecular flexibility index (Phi) is 6.30. The zero-order valence-corrected chi connectivity index (χ0v) is 17.4. The number of benzene rings is 1. The fourth-order valence-electron chi connectivity index (χ4n) is 4.31. The molecule has 2 amide bonds. The Morgan fingerprint density at radius 1 is 1.13 bits per heavy atom. The molecule has 30 heavy (non-hydrogen) atoms. The lowest BCUT2D eigenvalue weighted by atomic mass is 10.2. The Morgan fingerprint density at radius 2 is 1.97 bits per heavy atom. The van der Waals surface area contributed by atoms with E-state index in [2.05, 4.69) is 20.1 Å². The lowest BCUT2D eigenvalue weighted by Gasteiger charge is -2.27. The summed E-state index contributed by atoms with van der Waals surface area (Å²) in [6, 6.07) is 8.46. The Morgan fingerprint density at radius 3 is 2.80 bits per heavy atom. The maximum Gasteiger partial charge on any atom is 0.258 e. The number of aryl methyl sites for hydroxylation is 1. The third-order valence-electron chi connectivity index (χ3n) is 5.83.